The summed E-state index contributed by atoms with van der Waals surface area (Å²) in [5, 5.41) is 2.87. The van der Waals surface area contributed by atoms with Gasteiger partial charge in [0, 0.05) is 11.6 Å². The van der Waals surface area contributed by atoms with E-state index in [0.29, 0.717) is 11.5 Å². The lowest BCUT2D eigenvalue weighted by Gasteiger charge is -2.18. The van der Waals surface area contributed by atoms with Gasteiger partial charge in [0.1, 0.15) is 10.6 Å². The molecule has 1 atom stereocenters. The molecule has 0 fully saturated rings. The number of amides is 1. The molecule has 0 radical (unpaired) electrons. The van der Waals surface area contributed by atoms with Crippen LogP contribution in [0.3, 0.4) is 0 Å². The minimum absolute atomic E-state index is 0.0925. The van der Waals surface area contributed by atoms with E-state index < -0.39 is 15.9 Å². The Morgan fingerprint density at radius 3 is 2.03 bits per heavy atom. The van der Waals surface area contributed by atoms with E-state index in [9.17, 15) is 13.2 Å². The highest BCUT2D eigenvalue weighted by atomic mass is 32.2. The lowest BCUT2D eigenvalue weighted by molar-refractivity contribution is 0.0939. The van der Waals surface area contributed by atoms with Crippen molar-refractivity contribution in [3.8, 4) is 17.2 Å². The Morgan fingerprint density at radius 2 is 1.47 bits per heavy atom. The third kappa shape index (κ3) is 5.43. The van der Waals surface area contributed by atoms with Crippen molar-refractivity contribution in [3.63, 3.8) is 0 Å². The maximum absolute atomic E-state index is 12.8. The summed E-state index contributed by atoms with van der Waals surface area (Å²) in [6, 6.07) is 8.99. The highest BCUT2D eigenvalue weighted by molar-refractivity contribution is 7.89. The van der Waals surface area contributed by atoms with E-state index in [1.54, 1.807) is 33.1 Å². The molecule has 0 unspecified atom stereocenters. The second-order valence-corrected chi connectivity index (χ2v) is 8.63. The van der Waals surface area contributed by atoms with Crippen LogP contribution in [0, 0.1) is 0 Å². The number of benzene rings is 2. The fourth-order valence-electron chi connectivity index (χ4n) is 2.89. The first-order valence-electron chi connectivity index (χ1n) is 9.36. The first-order chi connectivity index (χ1) is 14.1. The Bertz CT molecular complexity index is 1000. The van der Waals surface area contributed by atoms with E-state index in [4.69, 9.17) is 14.2 Å². The summed E-state index contributed by atoms with van der Waals surface area (Å²) in [6.45, 7) is 5.25. The number of carbonyl (C=O) groups excluding carboxylic acids is 1. The molecule has 2 N–H and O–H groups in total. The molecule has 164 valence electrons. The highest BCUT2D eigenvalue weighted by Gasteiger charge is 2.23. The van der Waals surface area contributed by atoms with Gasteiger partial charge in [-0.2, -0.15) is 0 Å². The van der Waals surface area contributed by atoms with Gasteiger partial charge in [-0.3, -0.25) is 4.79 Å². The summed E-state index contributed by atoms with van der Waals surface area (Å²) in [6.07, 6.45) is 0. The predicted molar refractivity (Wildman–Crippen MR) is 114 cm³/mol. The highest BCUT2D eigenvalue weighted by Crippen LogP contribution is 2.30. The third-order valence-corrected chi connectivity index (χ3v) is 6.04. The standard InChI is InChI=1S/C21H28N2O6S/c1-13(2)23-30(25,26)20-12-16(8-10-18(20)28-5)21(24)22-14(3)15-7-9-17(27-4)19(11-15)29-6/h7-14,23H,1-6H3,(H,22,24)/t14-/m1/s1. The second-order valence-electron chi connectivity index (χ2n) is 6.95. The van der Waals surface area contributed by atoms with Crippen LogP contribution in [0.1, 0.15) is 42.7 Å². The van der Waals surface area contributed by atoms with Gasteiger partial charge in [-0.05, 0) is 56.7 Å². The van der Waals surface area contributed by atoms with Gasteiger partial charge in [0.2, 0.25) is 10.0 Å². The number of ether oxygens (including phenoxy) is 3. The van der Waals surface area contributed by atoms with E-state index in [0.717, 1.165) is 5.56 Å². The van der Waals surface area contributed by atoms with Crippen molar-refractivity contribution in [1.82, 2.24) is 10.0 Å². The van der Waals surface area contributed by atoms with Gasteiger partial charge in [-0.15, -0.1) is 0 Å². The zero-order valence-corrected chi connectivity index (χ0v) is 18.8. The summed E-state index contributed by atoms with van der Waals surface area (Å²) in [5.74, 6) is 0.879. The van der Waals surface area contributed by atoms with Crippen LogP contribution in [0.15, 0.2) is 41.3 Å². The maximum atomic E-state index is 12.8. The second kappa shape index (κ2) is 9.82. The molecule has 0 aromatic heterocycles. The van der Waals surface area contributed by atoms with Crippen LogP contribution < -0.4 is 24.2 Å². The zero-order valence-electron chi connectivity index (χ0n) is 18.0. The Hall–Kier alpha value is -2.78. The van der Waals surface area contributed by atoms with Gasteiger partial charge in [0.05, 0.1) is 27.4 Å². The lowest BCUT2D eigenvalue weighted by atomic mass is 10.1. The molecule has 30 heavy (non-hydrogen) atoms. The largest absolute Gasteiger partial charge is 0.495 e. The molecular weight excluding hydrogens is 408 g/mol. The van der Waals surface area contributed by atoms with Crippen molar-refractivity contribution < 1.29 is 27.4 Å². The molecule has 0 bridgehead atoms. The molecule has 2 aromatic rings. The fraction of sp³-hybridized carbons (Fsp3) is 0.381. The number of rotatable bonds is 9. The van der Waals surface area contributed by atoms with Crippen molar-refractivity contribution in [3.05, 3.63) is 47.5 Å². The first kappa shape index (κ1) is 23.5. The number of hydrogen-bond acceptors (Lipinski definition) is 6. The Morgan fingerprint density at radius 1 is 0.867 bits per heavy atom. The van der Waals surface area contributed by atoms with Crippen LogP contribution in [0.25, 0.3) is 0 Å². The van der Waals surface area contributed by atoms with Crippen LogP contribution in [0.2, 0.25) is 0 Å². The van der Waals surface area contributed by atoms with Gasteiger partial charge in [-0.25, -0.2) is 13.1 Å². The number of sulfonamides is 1. The van der Waals surface area contributed by atoms with Crippen LogP contribution in [0.4, 0.5) is 0 Å². The lowest BCUT2D eigenvalue weighted by Crippen LogP contribution is -2.31. The molecule has 0 saturated heterocycles. The molecule has 0 aliphatic carbocycles. The summed E-state index contributed by atoms with van der Waals surface area (Å²) in [4.78, 5) is 12.7. The fourth-order valence-corrected chi connectivity index (χ4v) is 4.33. The number of hydrogen-bond donors (Lipinski definition) is 2. The van der Waals surface area contributed by atoms with Gasteiger partial charge in [-0.1, -0.05) is 6.07 Å². The third-order valence-electron chi connectivity index (χ3n) is 4.36. The van der Waals surface area contributed by atoms with Gasteiger partial charge in [0.25, 0.3) is 5.91 Å². The molecule has 2 rings (SSSR count). The van der Waals surface area contributed by atoms with E-state index >= 15 is 0 Å². The van der Waals surface area contributed by atoms with Crippen LogP contribution in [-0.4, -0.2) is 41.7 Å². The Balaban J connectivity index is 2.30. The monoisotopic (exact) mass is 436 g/mol. The average molecular weight is 437 g/mol. The van der Waals surface area contributed by atoms with E-state index in [-0.39, 0.29) is 28.3 Å². The Labute approximate surface area is 177 Å². The van der Waals surface area contributed by atoms with Gasteiger partial charge >= 0.3 is 0 Å². The van der Waals surface area contributed by atoms with Crippen molar-refractivity contribution in [2.24, 2.45) is 0 Å². The summed E-state index contributed by atoms with van der Waals surface area (Å²) < 4.78 is 43.4. The van der Waals surface area contributed by atoms with Crippen LogP contribution in [-0.2, 0) is 10.0 Å². The molecule has 9 heteroatoms. The quantitative estimate of drug-likeness (QED) is 0.627. The molecule has 0 spiro atoms. The minimum atomic E-state index is -3.84. The molecular formula is C21H28N2O6S. The molecule has 0 heterocycles. The van der Waals surface area contributed by atoms with Crippen molar-refractivity contribution in [1.29, 1.82) is 0 Å². The summed E-state index contributed by atoms with van der Waals surface area (Å²) >= 11 is 0. The number of methoxy groups -OCH3 is 3. The van der Waals surface area contributed by atoms with E-state index in [2.05, 4.69) is 10.0 Å². The van der Waals surface area contributed by atoms with Crippen LogP contribution in [0.5, 0.6) is 17.2 Å². The molecule has 8 nitrogen and oxygen atoms in total. The first-order valence-corrected chi connectivity index (χ1v) is 10.8. The number of nitrogens with one attached hydrogen (secondary N) is 2. The average Bonchev–Trinajstić information content (AvgIpc) is 2.71. The van der Waals surface area contributed by atoms with Gasteiger partial charge < -0.3 is 19.5 Å². The Kier molecular flexibility index (Phi) is 7.69. The summed E-state index contributed by atoms with van der Waals surface area (Å²) in [5.41, 5.74) is 1.01. The molecule has 0 aliphatic heterocycles. The summed E-state index contributed by atoms with van der Waals surface area (Å²) in [7, 11) is 0.621. The van der Waals surface area contributed by atoms with E-state index in [1.165, 1.54) is 32.4 Å². The van der Waals surface area contributed by atoms with Crippen LogP contribution >= 0.6 is 0 Å². The maximum Gasteiger partial charge on any atom is 0.251 e. The molecule has 0 aliphatic rings. The van der Waals surface area contributed by atoms with Crippen molar-refractivity contribution in [2.75, 3.05) is 21.3 Å². The smallest absolute Gasteiger partial charge is 0.251 e. The van der Waals surface area contributed by atoms with Crippen molar-refractivity contribution >= 4 is 15.9 Å². The van der Waals surface area contributed by atoms with Crippen molar-refractivity contribution in [2.45, 2.75) is 37.8 Å². The zero-order chi connectivity index (χ0) is 22.5. The number of carbonyl (C=O) groups is 1. The molecule has 2 aromatic carbocycles. The van der Waals surface area contributed by atoms with Gasteiger partial charge in [0.15, 0.2) is 11.5 Å². The SMILES string of the molecule is COc1ccc([C@@H](C)NC(=O)c2ccc(OC)c(S(=O)(=O)NC(C)C)c2)cc1OC. The van der Waals surface area contributed by atoms with E-state index in [1.807, 2.05) is 13.0 Å². The topological polar surface area (TPSA) is 103 Å². The molecule has 0 saturated carbocycles. The normalized spacial score (nSPS) is 12.4. The predicted octanol–water partition coefficient (Wildman–Crippen LogP) is 2.89. The molecule has 1 amide bonds. The minimum Gasteiger partial charge on any atom is -0.495 e.